The van der Waals surface area contributed by atoms with Crippen LogP contribution in [0.5, 0.6) is 5.75 Å². The molecule has 2 aliphatic rings. The van der Waals surface area contributed by atoms with Crippen LogP contribution in [0.25, 0.3) is 0 Å². The first-order valence-corrected chi connectivity index (χ1v) is 11.5. The van der Waals surface area contributed by atoms with Crippen LogP contribution >= 0.6 is 11.6 Å². The number of carbonyl (C=O) groups excluding carboxylic acids is 2. The number of cyclic esters (lactones) is 1. The fourth-order valence-electron chi connectivity index (χ4n) is 3.91. The van der Waals surface area contributed by atoms with Crippen molar-refractivity contribution in [3.05, 3.63) is 59.1 Å². The summed E-state index contributed by atoms with van der Waals surface area (Å²) in [5.74, 6) is 0.898. The van der Waals surface area contributed by atoms with Crippen LogP contribution in [0.4, 0.5) is 10.5 Å². The van der Waals surface area contributed by atoms with Gasteiger partial charge in [-0.15, -0.1) is 0 Å². The molecule has 2 aromatic carbocycles. The van der Waals surface area contributed by atoms with Crippen molar-refractivity contribution in [1.82, 2.24) is 4.90 Å². The largest absolute Gasteiger partial charge is 0.497 e. The second-order valence-corrected chi connectivity index (χ2v) is 8.48. The summed E-state index contributed by atoms with van der Waals surface area (Å²) in [7, 11) is 3.70. The molecular weight excluding hydrogens is 444 g/mol. The van der Waals surface area contributed by atoms with Crippen LogP contribution in [0.15, 0.2) is 48.5 Å². The summed E-state index contributed by atoms with van der Waals surface area (Å²) in [4.78, 5) is 27.2. The Hall–Kier alpha value is -2.77. The molecule has 2 saturated heterocycles. The zero-order valence-electron chi connectivity index (χ0n) is 19.3. The maximum Gasteiger partial charge on any atom is 0.415 e. The molecule has 0 aliphatic carbocycles. The number of rotatable bonds is 5. The highest BCUT2D eigenvalue weighted by Crippen LogP contribution is 2.34. The number of esters is 1. The van der Waals surface area contributed by atoms with E-state index >= 15 is 0 Å². The summed E-state index contributed by atoms with van der Waals surface area (Å²) < 4.78 is 15.4. The third-order valence-corrected chi connectivity index (χ3v) is 6.05. The van der Waals surface area contributed by atoms with Gasteiger partial charge in [0.2, 0.25) is 0 Å². The maximum atomic E-state index is 12.0. The number of nitrogens with zero attached hydrogens (tertiary/aromatic N) is 2. The SMILES string of the molecule is CCOC(=O)C1CCN(C)CC1.COc1cccc(C2COC(=O)N2c2ccc(Cl)cc2)c1. The van der Waals surface area contributed by atoms with Gasteiger partial charge >= 0.3 is 12.1 Å². The fourth-order valence-corrected chi connectivity index (χ4v) is 4.03. The van der Waals surface area contributed by atoms with Crippen LogP contribution in [0.2, 0.25) is 5.02 Å². The lowest BCUT2D eigenvalue weighted by Gasteiger charge is -2.27. The second-order valence-electron chi connectivity index (χ2n) is 8.05. The molecule has 8 heteroatoms. The van der Waals surface area contributed by atoms with E-state index in [0.717, 1.165) is 42.9 Å². The molecule has 2 fully saturated rings. The summed E-state index contributed by atoms with van der Waals surface area (Å²) in [6, 6.07) is 14.6. The number of anilines is 1. The van der Waals surface area contributed by atoms with Crippen molar-refractivity contribution in [3.63, 3.8) is 0 Å². The van der Waals surface area contributed by atoms with Gasteiger partial charge in [0.15, 0.2) is 0 Å². The van der Waals surface area contributed by atoms with Gasteiger partial charge in [0, 0.05) is 10.7 Å². The number of benzene rings is 2. The highest BCUT2D eigenvalue weighted by molar-refractivity contribution is 6.30. The van der Waals surface area contributed by atoms with Crippen molar-refractivity contribution in [3.8, 4) is 5.75 Å². The number of amides is 1. The number of methoxy groups -OCH3 is 1. The van der Waals surface area contributed by atoms with Gasteiger partial charge in [-0.3, -0.25) is 9.69 Å². The number of hydrogen-bond donors (Lipinski definition) is 0. The van der Waals surface area contributed by atoms with Gasteiger partial charge < -0.3 is 19.1 Å². The third-order valence-electron chi connectivity index (χ3n) is 5.79. The highest BCUT2D eigenvalue weighted by Gasteiger charge is 2.35. The van der Waals surface area contributed by atoms with Crippen molar-refractivity contribution in [2.45, 2.75) is 25.8 Å². The van der Waals surface area contributed by atoms with E-state index in [1.165, 1.54) is 0 Å². The highest BCUT2D eigenvalue weighted by atomic mass is 35.5. The fraction of sp³-hybridized carbons (Fsp3) is 0.440. The minimum atomic E-state index is -0.356. The molecule has 4 rings (SSSR count). The normalized spacial score (nSPS) is 18.8. The Labute approximate surface area is 200 Å². The maximum absolute atomic E-state index is 12.0. The third kappa shape index (κ3) is 6.62. The van der Waals surface area contributed by atoms with Gasteiger partial charge in [0.1, 0.15) is 12.4 Å². The molecule has 33 heavy (non-hydrogen) atoms. The average Bonchev–Trinajstić information content (AvgIpc) is 3.22. The van der Waals surface area contributed by atoms with E-state index in [-0.39, 0.29) is 24.0 Å². The smallest absolute Gasteiger partial charge is 0.415 e. The molecule has 2 heterocycles. The second kappa shape index (κ2) is 11.9. The van der Waals surface area contributed by atoms with Gasteiger partial charge in [-0.1, -0.05) is 23.7 Å². The predicted molar refractivity (Wildman–Crippen MR) is 128 cm³/mol. The standard InChI is InChI=1S/C16H14ClNO3.C9H17NO2/c1-20-14-4-2-3-11(9-14)15-10-21-16(19)18(15)13-7-5-12(17)6-8-13;1-3-12-9(11)8-4-6-10(2)7-5-8/h2-9,15H,10H2,1H3;8H,3-7H2,1-2H3. The van der Waals surface area contributed by atoms with Crippen LogP contribution in [0, 0.1) is 5.92 Å². The number of likely N-dealkylation sites (tertiary alicyclic amines) is 1. The molecule has 0 aromatic heterocycles. The van der Waals surface area contributed by atoms with E-state index < -0.39 is 0 Å². The molecule has 1 amide bonds. The van der Waals surface area contributed by atoms with Crippen LogP contribution < -0.4 is 9.64 Å². The molecule has 2 aliphatic heterocycles. The molecule has 1 unspecified atom stereocenters. The Morgan fingerprint density at radius 2 is 1.85 bits per heavy atom. The minimum Gasteiger partial charge on any atom is -0.497 e. The molecule has 0 spiro atoms. The number of piperidine rings is 1. The quantitative estimate of drug-likeness (QED) is 0.572. The first-order valence-electron chi connectivity index (χ1n) is 11.1. The van der Waals surface area contributed by atoms with E-state index in [4.69, 9.17) is 25.8 Å². The Morgan fingerprint density at radius 3 is 2.48 bits per heavy atom. The minimum absolute atomic E-state index is 0.00870. The van der Waals surface area contributed by atoms with Gasteiger partial charge in [-0.25, -0.2) is 4.79 Å². The number of halogens is 1. The van der Waals surface area contributed by atoms with E-state index in [9.17, 15) is 9.59 Å². The summed E-state index contributed by atoms with van der Waals surface area (Å²) in [6.45, 7) is 4.71. The zero-order chi connectivity index (χ0) is 23.8. The summed E-state index contributed by atoms with van der Waals surface area (Å²) in [6.07, 6.45) is 1.55. The Morgan fingerprint density at radius 1 is 1.15 bits per heavy atom. The number of carbonyl (C=O) groups is 2. The first kappa shape index (κ1) is 24.9. The van der Waals surface area contributed by atoms with Crippen molar-refractivity contribution in [1.29, 1.82) is 0 Å². The van der Waals surface area contributed by atoms with Gasteiger partial charge in [0.25, 0.3) is 0 Å². The lowest BCUT2D eigenvalue weighted by atomic mass is 9.97. The molecule has 0 radical (unpaired) electrons. The van der Waals surface area contributed by atoms with Gasteiger partial charge in [-0.2, -0.15) is 0 Å². The van der Waals surface area contributed by atoms with Crippen LogP contribution in [-0.2, 0) is 14.3 Å². The number of ether oxygens (including phenoxy) is 3. The van der Waals surface area contributed by atoms with E-state index in [1.807, 2.05) is 43.3 Å². The Bertz CT molecular complexity index is 929. The van der Waals surface area contributed by atoms with E-state index in [2.05, 4.69) is 11.9 Å². The van der Waals surface area contributed by atoms with Crippen LogP contribution in [-0.4, -0.2) is 57.4 Å². The molecule has 0 bridgehead atoms. The molecule has 178 valence electrons. The molecule has 0 N–H and O–H groups in total. The molecule has 2 aromatic rings. The van der Waals surface area contributed by atoms with Crippen LogP contribution in [0.1, 0.15) is 31.4 Å². The molecule has 7 nitrogen and oxygen atoms in total. The molecule has 0 saturated carbocycles. The summed E-state index contributed by atoms with van der Waals surface area (Å²) >= 11 is 5.90. The lowest BCUT2D eigenvalue weighted by Crippen LogP contribution is -2.34. The van der Waals surface area contributed by atoms with E-state index in [0.29, 0.717) is 18.2 Å². The van der Waals surface area contributed by atoms with Crippen molar-refractivity contribution < 1.29 is 23.8 Å². The average molecular weight is 475 g/mol. The molecule has 1 atom stereocenters. The Balaban J connectivity index is 0.000000218. The van der Waals surface area contributed by atoms with Crippen molar-refractivity contribution in [2.75, 3.05) is 45.4 Å². The molecular formula is C25H31ClN2O5. The van der Waals surface area contributed by atoms with Crippen molar-refractivity contribution in [2.24, 2.45) is 5.92 Å². The van der Waals surface area contributed by atoms with Crippen LogP contribution in [0.3, 0.4) is 0 Å². The summed E-state index contributed by atoms with van der Waals surface area (Å²) in [5, 5.41) is 0.629. The lowest BCUT2D eigenvalue weighted by molar-refractivity contribution is -0.149. The summed E-state index contributed by atoms with van der Waals surface area (Å²) in [5.41, 5.74) is 1.73. The number of hydrogen-bond acceptors (Lipinski definition) is 6. The van der Waals surface area contributed by atoms with Gasteiger partial charge in [0.05, 0.1) is 25.7 Å². The Kier molecular flexibility index (Phi) is 8.97. The van der Waals surface area contributed by atoms with E-state index in [1.54, 1.807) is 24.1 Å². The zero-order valence-corrected chi connectivity index (χ0v) is 20.1. The first-order chi connectivity index (χ1) is 15.9. The topological polar surface area (TPSA) is 68.3 Å². The van der Waals surface area contributed by atoms with Gasteiger partial charge in [-0.05, 0) is 81.9 Å². The monoisotopic (exact) mass is 474 g/mol. The predicted octanol–water partition coefficient (Wildman–Crippen LogP) is 4.94. The van der Waals surface area contributed by atoms with Crippen molar-refractivity contribution >= 4 is 29.4 Å².